The number of rotatable bonds is 4. The van der Waals surface area contributed by atoms with Crippen LogP contribution in [0.2, 0.25) is 0 Å². The van der Waals surface area contributed by atoms with Gasteiger partial charge in [0.05, 0.1) is 13.3 Å². The fourth-order valence-electron chi connectivity index (χ4n) is 1.18. The number of aryl methyl sites for hydroxylation is 1. The standard InChI is InChI=1S/C11H15N3O3/c1-13(2)6-5-8(15)10-11(16)9(17-4)7-14(3)12-10/h5-7H,1-4H3. The monoisotopic (exact) mass is 237 g/mol. The van der Waals surface area contributed by atoms with Gasteiger partial charge < -0.3 is 9.64 Å². The lowest BCUT2D eigenvalue weighted by molar-refractivity contribution is 0.103. The number of hydrogen-bond donors (Lipinski definition) is 0. The number of aromatic nitrogens is 2. The lowest BCUT2D eigenvalue weighted by atomic mass is 10.2. The maximum atomic E-state index is 11.8. The van der Waals surface area contributed by atoms with Crippen molar-refractivity contribution >= 4 is 5.78 Å². The van der Waals surface area contributed by atoms with Crippen LogP contribution in [0.1, 0.15) is 10.5 Å². The maximum Gasteiger partial charge on any atom is 0.253 e. The van der Waals surface area contributed by atoms with Crippen molar-refractivity contribution in [3.05, 3.63) is 34.4 Å². The number of hydrogen-bond acceptors (Lipinski definition) is 5. The van der Waals surface area contributed by atoms with Crippen molar-refractivity contribution in [3.8, 4) is 5.75 Å². The molecule has 6 nitrogen and oxygen atoms in total. The van der Waals surface area contributed by atoms with Crippen LogP contribution in [0.5, 0.6) is 5.75 Å². The topological polar surface area (TPSA) is 64.4 Å². The van der Waals surface area contributed by atoms with Crippen LogP contribution in [0.25, 0.3) is 0 Å². The summed E-state index contributed by atoms with van der Waals surface area (Å²) in [7, 11) is 6.55. The Balaban J connectivity index is 3.18. The Morgan fingerprint density at radius 1 is 1.53 bits per heavy atom. The Bertz CT molecular complexity index is 503. The molecule has 1 heterocycles. The number of carbonyl (C=O) groups is 1. The van der Waals surface area contributed by atoms with Gasteiger partial charge in [-0.15, -0.1) is 0 Å². The third kappa shape index (κ3) is 3.17. The van der Waals surface area contributed by atoms with Gasteiger partial charge in [0.1, 0.15) is 0 Å². The van der Waals surface area contributed by atoms with Crippen LogP contribution in [0.15, 0.2) is 23.3 Å². The lowest BCUT2D eigenvalue weighted by Gasteiger charge is -2.05. The van der Waals surface area contributed by atoms with E-state index in [1.165, 1.54) is 24.1 Å². The number of carbonyl (C=O) groups excluding carboxylic acids is 1. The summed E-state index contributed by atoms with van der Waals surface area (Å²) in [6, 6.07) is 0. The van der Waals surface area contributed by atoms with E-state index >= 15 is 0 Å². The van der Waals surface area contributed by atoms with Gasteiger partial charge in [-0.05, 0) is 0 Å². The second-order valence-electron chi connectivity index (χ2n) is 3.69. The normalized spacial score (nSPS) is 10.6. The highest BCUT2D eigenvalue weighted by atomic mass is 16.5. The van der Waals surface area contributed by atoms with Crippen molar-refractivity contribution in [1.29, 1.82) is 0 Å². The highest BCUT2D eigenvalue weighted by molar-refractivity contribution is 6.02. The highest BCUT2D eigenvalue weighted by Crippen LogP contribution is 2.02. The van der Waals surface area contributed by atoms with Crippen molar-refractivity contribution in [3.63, 3.8) is 0 Å². The molecule has 0 N–H and O–H groups in total. The first-order valence-electron chi connectivity index (χ1n) is 4.96. The Hall–Kier alpha value is -2.11. The Morgan fingerprint density at radius 3 is 2.71 bits per heavy atom. The Labute approximate surface area is 99.1 Å². The second kappa shape index (κ2) is 5.29. The van der Waals surface area contributed by atoms with E-state index in [0.717, 1.165) is 0 Å². The molecule has 0 aliphatic rings. The third-order valence-electron chi connectivity index (χ3n) is 1.98. The molecule has 6 heteroatoms. The lowest BCUT2D eigenvalue weighted by Crippen LogP contribution is -2.21. The summed E-state index contributed by atoms with van der Waals surface area (Å²) in [6.07, 6.45) is 4.28. The molecule has 1 aromatic rings. The zero-order valence-electron chi connectivity index (χ0n) is 10.3. The average Bonchev–Trinajstić information content (AvgIpc) is 2.28. The summed E-state index contributed by atoms with van der Waals surface area (Å²) in [5.41, 5.74) is -0.649. The minimum atomic E-state index is -0.501. The van der Waals surface area contributed by atoms with Gasteiger partial charge in [-0.2, -0.15) is 5.10 Å². The predicted octanol–water partition coefficient (Wildman–Crippen LogP) is 0.0469. The zero-order chi connectivity index (χ0) is 13.0. The summed E-state index contributed by atoms with van der Waals surface area (Å²) in [4.78, 5) is 25.2. The van der Waals surface area contributed by atoms with E-state index < -0.39 is 11.2 Å². The van der Waals surface area contributed by atoms with Crippen LogP contribution in [0.3, 0.4) is 0 Å². The van der Waals surface area contributed by atoms with Crippen LogP contribution in [-0.4, -0.2) is 41.7 Å². The Morgan fingerprint density at radius 2 is 2.18 bits per heavy atom. The van der Waals surface area contributed by atoms with Crippen molar-refractivity contribution in [1.82, 2.24) is 14.7 Å². The van der Waals surface area contributed by atoms with E-state index in [9.17, 15) is 9.59 Å². The van der Waals surface area contributed by atoms with Gasteiger partial charge in [0.15, 0.2) is 11.4 Å². The van der Waals surface area contributed by atoms with Gasteiger partial charge in [-0.1, -0.05) is 0 Å². The summed E-state index contributed by atoms with van der Waals surface area (Å²) >= 11 is 0. The molecule has 1 aromatic heterocycles. The van der Waals surface area contributed by atoms with E-state index in [0.29, 0.717) is 0 Å². The third-order valence-corrected chi connectivity index (χ3v) is 1.98. The molecule has 0 aliphatic heterocycles. The van der Waals surface area contributed by atoms with Crippen LogP contribution < -0.4 is 10.2 Å². The quantitative estimate of drug-likeness (QED) is 0.546. The second-order valence-corrected chi connectivity index (χ2v) is 3.69. The zero-order valence-corrected chi connectivity index (χ0v) is 10.3. The van der Waals surface area contributed by atoms with Gasteiger partial charge >= 0.3 is 0 Å². The molecule has 0 unspecified atom stereocenters. The number of nitrogens with zero attached hydrogens (tertiary/aromatic N) is 3. The molecule has 0 saturated heterocycles. The van der Waals surface area contributed by atoms with Crippen LogP contribution in [-0.2, 0) is 7.05 Å². The molecule has 0 saturated carbocycles. The molecule has 0 aromatic carbocycles. The molecular weight excluding hydrogens is 222 g/mol. The molecule has 1 rings (SSSR count). The number of ketones is 1. The van der Waals surface area contributed by atoms with Gasteiger partial charge in [-0.3, -0.25) is 14.3 Å². The van der Waals surface area contributed by atoms with Crippen molar-refractivity contribution in [2.75, 3.05) is 21.2 Å². The van der Waals surface area contributed by atoms with Crippen molar-refractivity contribution in [2.24, 2.45) is 7.05 Å². The van der Waals surface area contributed by atoms with Gasteiger partial charge in [-0.25, -0.2) is 0 Å². The van der Waals surface area contributed by atoms with Crippen LogP contribution in [0.4, 0.5) is 0 Å². The minimum Gasteiger partial charge on any atom is -0.491 e. The van der Waals surface area contributed by atoms with E-state index in [1.807, 2.05) is 0 Å². The Kier molecular flexibility index (Phi) is 4.03. The van der Waals surface area contributed by atoms with E-state index in [-0.39, 0.29) is 11.4 Å². The van der Waals surface area contributed by atoms with Crippen molar-refractivity contribution in [2.45, 2.75) is 0 Å². The van der Waals surface area contributed by atoms with Crippen LogP contribution >= 0.6 is 0 Å². The molecule has 17 heavy (non-hydrogen) atoms. The summed E-state index contributed by atoms with van der Waals surface area (Å²) < 4.78 is 6.25. The molecule has 0 fully saturated rings. The highest BCUT2D eigenvalue weighted by Gasteiger charge is 2.14. The molecule has 0 aliphatic carbocycles. The van der Waals surface area contributed by atoms with Gasteiger partial charge in [0.2, 0.25) is 5.78 Å². The van der Waals surface area contributed by atoms with Crippen molar-refractivity contribution < 1.29 is 9.53 Å². The van der Waals surface area contributed by atoms with Gasteiger partial charge in [0, 0.05) is 33.4 Å². The van der Waals surface area contributed by atoms with E-state index in [2.05, 4.69) is 5.10 Å². The number of allylic oxidation sites excluding steroid dienone is 1. The summed E-state index contributed by atoms with van der Waals surface area (Å²) in [5.74, 6) is -0.345. The van der Waals surface area contributed by atoms with E-state index in [1.54, 1.807) is 32.2 Å². The molecule has 92 valence electrons. The molecular formula is C11H15N3O3. The van der Waals surface area contributed by atoms with Crippen LogP contribution in [0, 0.1) is 0 Å². The van der Waals surface area contributed by atoms with E-state index in [4.69, 9.17) is 4.74 Å². The number of methoxy groups -OCH3 is 1. The molecule has 0 bridgehead atoms. The smallest absolute Gasteiger partial charge is 0.253 e. The molecule has 0 radical (unpaired) electrons. The SMILES string of the molecule is COc1cn(C)nc(C(=O)C=CN(C)C)c1=O. The van der Waals surface area contributed by atoms with Gasteiger partial charge in [0.25, 0.3) is 5.43 Å². The first-order chi connectivity index (χ1) is 7.95. The molecule has 0 atom stereocenters. The first kappa shape index (κ1) is 13.0. The average molecular weight is 237 g/mol. The first-order valence-corrected chi connectivity index (χ1v) is 4.96. The minimum absolute atomic E-state index is 0.101. The molecule has 0 spiro atoms. The summed E-state index contributed by atoms with van der Waals surface area (Å²) in [6.45, 7) is 0. The predicted molar refractivity (Wildman–Crippen MR) is 63.2 cm³/mol. The molecule has 0 amide bonds. The largest absolute Gasteiger partial charge is 0.491 e. The fourth-order valence-corrected chi connectivity index (χ4v) is 1.18. The fraction of sp³-hybridized carbons (Fsp3) is 0.364. The maximum absolute atomic E-state index is 11.8. The number of ether oxygens (including phenoxy) is 1. The summed E-state index contributed by atoms with van der Waals surface area (Å²) in [5, 5.41) is 3.86.